The molecule has 1 saturated heterocycles. The van der Waals surface area contributed by atoms with Crippen LogP contribution in [0.25, 0.3) is 0 Å². The minimum absolute atomic E-state index is 0.549. The third kappa shape index (κ3) is 1.05. The highest BCUT2D eigenvalue weighted by Crippen LogP contribution is 2.36. The fourth-order valence-electron chi connectivity index (χ4n) is 2.07. The Kier molecular flexibility index (Phi) is 1.56. The van der Waals surface area contributed by atoms with Gasteiger partial charge in [-0.15, -0.1) is 0 Å². The Bertz CT molecular complexity index is 331. The Hall–Kier alpha value is -1.02. The van der Waals surface area contributed by atoms with Crippen LogP contribution in [0.2, 0.25) is 0 Å². The van der Waals surface area contributed by atoms with Crippen molar-refractivity contribution >= 4 is 0 Å². The fourth-order valence-corrected chi connectivity index (χ4v) is 2.07. The first-order valence-corrected chi connectivity index (χ1v) is 4.93. The number of fused-ring (bicyclic) bond motifs is 1. The largest absolute Gasteiger partial charge is 0.493 e. The molecule has 0 aromatic heterocycles. The summed E-state index contributed by atoms with van der Waals surface area (Å²) in [5, 5.41) is 3.41. The third-order valence-corrected chi connectivity index (χ3v) is 2.94. The third-order valence-electron chi connectivity index (χ3n) is 2.94. The van der Waals surface area contributed by atoms with Crippen molar-refractivity contribution in [2.45, 2.75) is 18.9 Å². The van der Waals surface area contributed by atoms with Crippen LogP contribution in [0.5, 0.6) is 5.75 Å². The lowest BCUT2D eigenvalue weighted by Gasteiger charge is -2.29. The average Bonchev–Trinajstić information content (AvgIpc) is 2.49. The van der Waals surface area contributed by atoms with Crippen molar-refractivity contribution < 1.29 is 4.74 Å². The van der Waals surface area contributed by atoms with Gasteiger partial charge in [-0.2, -0.15) is 0 Å². The van der Waals surface area contributed by atoms with Crippen molar-refractivity contribution in [3.05, 3.63) is 29.3 Å². The lowest BCUT2D eigenvalue weighted by molar-refractivity contribution is 0.330. The van der Waals surface area contributed by atoms with Crippen LogP contribution in [-0.4, -0.2) is 13.2 Å². The number of benzene rings is 1. The molecule has 13 heavy (non-hydrogen) atoms. The molecule has 0 saturated carbocycles. The monoisotopic (exact) mass is 175 g/mol. The first-order chi connectivity index (χ1) is 6.45. The van der Waals surface area contributed by atoms with Gasteiger partial charge in [0.25, 0.3) is 0 Å². The predicted octanol–water partition coefficient (Wildman–Crippen LogP) is 1.66. The zero-order valence-electron chi connectivity index (χ0n) is 7.55. The summed E-state index contributed by atoms with van der Waals surface area (Å²) < 4.78 is 5.65. The summed E-state index contributed by atoms with van der Waals surface area (Å²) in [4.78, 5) is 0. The van der Waals surface area contributed by atoms with Gasteiger partial charge in [-0.25, -0.2) is 0 Å². The van der Waals surface area contributed by atoms with Crippen LogP contribution in [0.15, 0.2) is 18.2 Å². The van der Waals surface area contributed by atoms with E-state index < -0.39 is 0 Å². The summed E-state index contributed by atoms with van der Waals surface area (Å²) in [6.07, 6.45) is 2.33. The topological polar surface area (TPSA) is 21.3 Å². The van der Waals surface area contributed by atoms with Gasteiger partial charge in [0, 0.05) is 18.0 Å². The van der Waals surface area contributed by atoms with E-state index in [2.05, 4.69) is 23.5 Å². The maximum atomic E-state index is 5.65. The Morgan fingerprint density at radius 2 is 2.31 bits per heavy atom. The Morgan fingerprint density at radius 3 is 3.08 bits per heavy atom. The summed E-state index contributed by atoms with van der Waals surface area (Å²) in [5.41, 5.74) is 2.74. The Balaban J connectivity index is 2.04. The minimum atomic E-state index is 0.549. The van der Waals surface area contributed by atoms with Crippen LogP contribution in [-0.2, 0) is 6.42 Å². The summed E-state index contributed by atoms with van der Waals surface area (Å²) in [5.74, 6) is 1.15. The molecule has 1 aromatic carbocycles. The number of hydrogen-bond acceptors (Lipinski definition) is 2. The SMILES string of the molecule is c1cc2c(c([C@H]3CCN3)c1)OCC2. The highest BCUT2D eigenvalue weighted by Gasteiger charge is 2.25. The molecule has 2 aliphatic rings. The molecule has 0 amide bonds. The number of nitrogens with one attached hydrogen (secondary N) is 1. The highest BCUT2D eigenvalue weighted by molar-refractivity contribution is 5.46. The van der Waals surface area contributed by atoms with Gasteiger partial charge in [0.15, 0.2) is 0 Å². The van der Waals surface area contributed by atoms with Crippen LogP contribution in [0.1, 0.15) is 23.6 Å². The van der Waals surface area contributed by atoms with Crippen molar-refractivity contribution in [3.63, 3.8) is 0 Å². The summed E-state index contributed by atoms with van der Waals surface area (Å²) in [6, 6.07) is 7.04. The van der Waals surface area contributed by atoms with Crippen molar-refractivity contribution in [1.82, 2.24) is 5.32 Å². The van der Waals surface area contributed by atoms with Crippen LogP contribution in [0.3, 0.4) is 0 Å². The Labute approximate surface area is 77.9 Å². The molecular weight excluding hydrogens is 162 g/mol. The lowest BCUT2D eigenvalue weighted by Crippen LogP contribution is -2.35. The second kappa shape index (κ2) is 2.74. The molecular formula is C11H13NO. The van der Waals surface area contributed by atoms with Crippen molar-refractivity contribution in [2.75, 3.05) is 13.2 Å². The molecule has 68 valence electrons. The van der Waals surface area contributed by atoms with E-state index in [1.807, 2.05) is 0 Å². The van der Waals surface area contributed by atoms with Crippen molar-refractivity contribution in [2.24, 2.45) is 0 Å². The number of para-hydroxylation sites is 1. The quantitative estimate of drug-likeness (QED) is 0.700. The first kappa shape index (κ1) is 7.39. The standard InChI is InChI=1S/C11H13NO/c1-2-8-5-7-13-11(8)9(3-1)10-4-6-12-10/h1-3,10,12H,4-7H2/t10-/m1/s1. The molecule has 2 aliphatic heterocycles. The van der Waals surface area contributed by atoms with Crippen molar-refractivity contribution in [3.8, 4) is 5.75 Å². The zero-order chi connectivity index (χ0) is 8.67. The molecule has 1 fully saturated rings. The molecule has 0 spiro atoms. The summed E-state index contributed by atoms with van der Waals surface area (Å²) in [7, 11) is 0. The van der Waals surface area contributed by atoms with Crippen molar-refractivity contribution in [1.29, 1.82) is 0 Å². The maximum absolute atomic E-state index is 5.65. The Morgan fingerprint density at radius 1 is 1.38 bits per heavy atom. The van der Waals surface area contributed by atoms with Gasteiger partial charge in [-0.3, -0.25) is 0 Å². The van der Waals surface area contributed by atoms with E-state index in [1.54, 1.807) is 0 Å². The van der Waals surface area contributed by atoms with Gasteiger partial charge in [0.2, 0.25) is 0 Å². The predicted molar refractivity (Wildman–Crippen MR) is 51.0 cm³/mol. The molecule has 1 aromatic rings. The van der Waals surface area contributed by atoms with Crippen LogP contribution in [0.4, 0.5) is 0 Å². The molecule has 0 aliphatic carbocycles. The van der Waals surface area contributed by atoms with Crippen LogP contribution >= 0.6 is 0 Å². The summed E-state index contributed by atoms with van der Waals surface area (Å²) in [6.45, 7) is 2.01. The van der Waals surface area contributed by atoms with Gasteiger partial charge < -0.3 is 10.1 Å². The molecule has 2 heterocycles. The second-order valence-electron chi connectivity index (χ2n) is 3.73. The van der Waals surface area contributed by atoms with Crippen LogP contribution in [0, 0.1) is 0 Å². The normalized spacial score (nSPS) is 24.8. The smallest absolute Gasteiger partial charge is 0.127 e. The second-order valence-corrected chi connectivity index (χ2v) is 3.73. The van der Waals surface area contributed by atoms with E-state index in [-0.39, 0.29) is 0 Å². The zero-order valence-corrected chi connectivity index (χ0v) is 7.55. The molecule has 3 rings (SSSR count). The minimum Gasteiger partial charge on any atom is -0.493 e. The van der Waals surface area contributed by atoms with Gasteiger partial charge in [0.05, 0.1) is 6.61 Å². The van der Waals surface area contributed by atoms with E-state index in [0.29, 0.717) is 6.04 Å². The molecule has 2 heteroatoms. The fraction of sp³-hybridized carbons (Fsp3) is 0.455. The van der Waals surface area contributed by atoms with E-state index in [0.717, 1.165) is 25.3 Å². The van der Waals surface area contributed by atoms with Gasteiger partial charge in [-0.1, -0.05) is 18.2 Å². The van der Waals surface area contributed by atoms with E-state index in [1.165, 1.54) is 17.5 Å². The van der Waals surface area contributed by atoms with E-state index >= 15 is 0 Å². The number of hydrogen-bond donors (Lipinski definition) is 1. The van der Waals surface area contributed by atoms with Gasteiger partial charge in [0.1, 0.15) is 5.75 Å². The lowest BCUT2D eigenvalue weighted by atomic mass is 9.95. The number of rotatable bonds is 1. The molecule has 0 unspecified atom stereocenters. The molecule has 1 atom stereocenters. The molecule has 2 nitrogen and oxygen atoms in total. The number of ether oxygens (including phenoxy) is 1. The first-order valence-electron chi connectivity index (χ1n) is 4.93. The maximum Gasteiger partial charge on any atom is 0.127 e. The van der Waals surface area contributed by atoms with E-state index in [4.69, 9.17) is 4.74 Å². The highest BCUT2D eigenvalue weighted by atomic mass is 16.5. The average molecular weight is 175 g/mol. The van der Waals surface area contributed by atoms with Crippen LogP contribution < -0.4 is 10.1 Å². The van der Waals surface area contributed by atoms with Gasteiger partial charge in [-0.05, 0) is 18.5 Å². The van der Waals surface area contributed by atoms with E-state index in [9.17, 15) is 0 Å². The molecule has 0 bridgehead atoms. The molecule has 0 radical (unpaired) electrons. The molecule has 1 N–H and O–H groups in total. The summed E-state index contributed by atoms with van der Waals surface area (Å²) >= 11 is 0. The van der Waals surface area contributed by atoms with Gasteiger partial charge >= 0.3 is 0 Å².